The average Bonchev–Trinajstić information content (AvgIpc) is 3.56. The SMILES string of the molecule is C=CC(=O)Nc1c(C)ccc(-c2c(-c3ccc(N4CCN(C)CC4)cc3)[nH]c3ncc(-c4cnn(C)c4C)c(C)c23)c1C. The van der Waals surface area contributed by atoms with Crippen LogP contribution in [-0.2, 0) is 11.8 Å². The third-order valence-electron chi connectivity index (χ3n) is 9.01. The first-order valence-corrected chi connectivity index (χ1v) is 14.8. The number of benzene rings is 2. The van der Waals surface area contributed by atoms with Crippen molar-refractivity contribution in [3.05, 3.63) is 83.8 Å². The molecule has 0 atom stereocenters. The van der Waals surface area contributed by atoms with Crippen LogP contribution in [0.5, 0.6) is 0 Å². The van der Waals surface area contributed by atoms with Crippen LogP contribution in [0.25, 0.3) is 44.5 Å². The molecule has 0 radical (unpaired) electrons. The molecule has 5 aromatic rings. The second kappa shape index (κ2) is 11.2. The number of nitrogens with one attached hydrogen (secondary N) is 2. The highest BCUT2D eigenvalue weighted by Crippen LogP contribution is 2.44. The van der Waals surface area contributed by atoms with E-state index < -0.39 is 0 Å². The maximum atomic E-state index is 12.4. The van der Waals surface area contributed by atoms with E-state index >= 15 is 0 Å². The summed E-state index contributed by atoms with van der Waals surface area (Å²) < 4.78 is 1.89. The average molecular weight is 574 g/mol. The lowest BCUT2D eigenvalue weighted by atomic mass is 9.90. The lowest BCUT2D eigenvalue weighted by molar-refractivity contribution is -0.111. The van der Waals surface area contributed by atoms with E-state index in [1.807, 2.05) is 31.0 Å². The van der Waals surface area contributed by atoms with Crippen LogP contribution in [0, 0.1) is 27.7 Å². The van der Waals surface area contributed by atoms with Gasteiger partial charge in [-0.1, -0.05) is 30.8 Å². The molecule has 8 nitrogen and oxygen atoms in total. The van der Waals surface area contributed by atoms with Gasteiger partial charge in [-0.15, -0.1) is 0 Å². The molecule has 1 saturated heterocycles. The van der Waals surface area contributed by atoms with Gasteiger partial charge in [0.15, 0.2) is 0 Å². The van der Waals surface area contributed by atoms with E-state index in [9.17, 15) is 4.79 Å². The zero-order valence-electron chi connectivity index (χ0n) is 25.9. The third-order valence-corrected chi connectivity index (χ3v) is 9.01. The lowest BCUT2D eigenvalue weighted by Gasteiger charge is -2.34. The van der Waals surface area contributed by atoms with Crippen molar-refractivity contribution in [1.29, 1.82) is 0 Å². The van der Waals surface area contributed by atoms with E-state index in [0.29, 0.717) is 0 Å². The molecule has 0 aliphatic carbocycles. The van der Waals surface area contributed by atoms with Gasteiger partial charge in [-0.2, -0.15) is 5.10 Å². The van der Waals surface area contributed by atoms with E-state index in [4.69, 9.17) is 4.98 Å². The Kier molecular flexibility index (Phi) is 7.40. The first-order chi connectivity index (χ1) is 20.7. The molecule has 1 aliphatic heterocycles. The zero-order chi connectivity index (χ0) is 30.4. The number of pyridine rings is 1. The standard InChI is InChI=1S/C35H39N7O/c1-8-30(43)38-33-21(2)9-14-27(23(33)4)32-31-22(3)28(29-20-37-41(7)24(29)5)19-36-35(31)39-34(32)25-10-12-26(13-11-25)42-17-15-40(6)16-18-42/h8-14,19-20H,1,15-18H2,2-7H3,(H,36,39)(H,38,43). The number of carbonyl (C=O) groups is 1. The Morgan fingerprint density at radius 3 is 2.28 bits per heavy atom. The minimum Gasteiger partial charge on any atom is -0.369 e. The largest absolute Gasteiger partial charge is 0.369 e. The van der Waals surface area contributed by atoms with Crippen LogP contribution in [0.1, 0.15) is 22.4 Å². The number of aryl methyl sites for hydroxylation is 3. The van der Waals surface area contributed by atoms with Crippen molar-refractivity contribution < 1.29 is 4.79 Å². The molecule has 0 unspecified atom stereocenters. The summed E-state index contributed by atoms with van der Waals surface area (Å²) >= 11 is 0. The van der Waals surface area contributed by atoms with Crippen LogP contribution in [0.2, 0.25) is 0 Å². The van der Waals surface area contributed by atoms with E-state index in [2.05, 4.69) is 96.0 Å². The monoisotopic (exact) mass is 573 g/mol. The Balaban J connectivity index is 1.57. The molecular formula is C35H39N7O. The van der Waals surface area contributed by atoms with Gasteiger partial charge in [-0.3, -0.25) is 9.48 Å². The van der Waals surface area contributed by atoms with Gasteiger partial charge in [0, 0.05) is 78.6 Å². The molecule has 1 fully saturated rings. The molecule has 0 bridgehead atoms. The minimum absolute atomic E-state index is 0.228. The molecule has 0 spiro atoms. The van der Waals surface area contributed by atoms with Gasteiger partial charge in [0.05, 0.1) is 11.9 Å². The molecule has 8 heteroatoms. The van der Waals surface area contributed by atoms with Gasteiger partial charge in [-0.25, -0.2) is 4.98 Å². The summed E-state index contributed by atoms with van der Waals surface area (Å²) in [5, 5.41) is 8.60. The van der Waals surface area contributed by atoms with Crippen molar-refractivity contribution in [2.45, 2.75) is 27.7 Å². The Bertz CT molecular complexity index is 1850. The number of hydrogen-bond donors (Lipinski definition) is 2. The van der Waals surface area contributed by atoms with Crippen LogP contribution >= 0.6 is 0 Å². The molecule has 4 heterocycles. The van der Waals surface area contributed by atoms with Crippen molar-refractivity contribution in [1.82, 2.24) is 24.6 Å². The minimum atomic E-state index is -0.228. The Morgan fingerprint density at radius 2 is 1.63 bits per heavy atom. The molecule has 43 heavy (non-hydrogen) atoms. The van der Waals surface area contributed by atoms with Gasteiger partial charge >= 0.3 is 0 Å². The van der Waals surface area contributed by atoms with Crippen molar-refractivity contribution in [2.24, 2.45) is 7.05 Å². The lowest BCUT2D eigenvalue weighted by Crippen LogP contribution is -2.44. The summed E-state index contributed by atoms with van der Waals surface area (Å²) in [5.74, 6) is -0.228. The number of aromatic nitrogens is 4. The first kappa shape index (κ1) is 28.4. The van der Waals surface area contributed by atoms with E-state index in [0.717, 1.165) is 98.8 Å². The summed E-state index contributed by atoms with van der Waals surface area (Å²) in [7, 11) is 4.14. The molecule has 6 rings (SSSR count). The number of anilines is 2. The molecule has 0 saturated carbocycles. The molecule has 1 aliphatic rings. The van der Waals surface area contributed by atoms with Crippen molar-refractivity contribution in [2.75, 3.05) is 43.4 Å². The summed E-state index contributed by atoms with van der Waals surface area (Å²) in [6, 6.07) is 13.1. The highest BCUT2D eigenvalue weighted by atomic mass is 16.1. The van der Waals surface area contributed by atoms with Gasteiger partial charge < -0.3 is 20.1 Å². The smallest absolute Gasteiger partial charge is 0.247 e. The number of amides is 1. The number of carbonyl (C=O) groups excluding carboxylic acids is 1. The summed E-state index contributed by atoms with van der Waals surface area (Å²) in [6.45, 7) is 16.1. The highest BCUT2D eigenvalue weighted by Gasteiger charge is 2.24. The number of likely N-dealkylation sites (N-methyl/N-ethyl adjacent to an activating group) is 1. The number of aromatic amines is 1. The second-order valence-electron chi connectivity index (χ2n) is 11.6. The zero-order valence-corrected chi connectivity index (χ0v) is 25.9. The normalized spacial score (nSPS) is 14.0. The fourth-order valence-electron chi connectivity index (χ4n) is 6.22. The molecular weight excluding hydrogens is 534 g/mol. The van der Waals surface area contributed by atoms with Gasteiger partial charge in [-0.05, 0) is 80.8 Å². The van der Waals surface area contributed by atoms with E-state index in [-0.39, 0.29) is 5.91 Å². The Morgan fingerprint density at radius 1 is 0.907 bits per heavy atom. The quantitative estimate of drug-likeness (QED) is 0.230. The van der Waals surface area contributed by atoms with Gasteiger partial charge in [0.2, 0.25) is 5.91 Å². The number of rotatable bonds is 6. The summed E-state index contributed by atoms with van der Waals surface area (Å²) in [6.07, 6.45) is 5.16. The summed E-state index contributed by atoms with van der Waals surface area (Å²) in [4.78, 5) is 25.8. The number of H-pyrrole nitrogens is 1. The topological polar surface area (TPSA) is 82.1 Å². The van der Waals surface area contributed by atoms with E-state index in [1.54, 1.807) is 0 Å². The molecule has 2 N–H and O–H groups in total. The molecule has 1 amide bonds. The predicted octanol–water partition coefficient (Wildman–Crippen LogP) is 6.41. The highest BCUT2D eigenvalue weighted by molar-refractivity contribution is 6.08. The molecule has 3 aromatic heterocycles. The predicted molar refractivity (Wildman–Crippen MR) is 177 cm³/mol. The fraction of sp³-hybridized carbons (Fsp3) is 0.286. The van der Waals surface area contributed by atoms with Crippen molar-refractivity contribution in [3.8, 4) is 33.5 Å². The number of nitrogens with zero attached hydrogens (tertiary/aromatic N) is 5. The maximum absolute atomic E-state index is 12.4. The Labute approximate surface area is 253 Å². The van der Waals surface area contributed by atoms with Gasteiger partial charge in [0.1, 0.15) is 5.65 Å². The van der Waals surface area contributed by atoms with Gasteiger partial charge in [0.25, 0.3) is 0 Å². The Hall–Kier alpha value is -4.69. The summed E-state index contributed by atoms with van der Waals surface area (Å²) in [5.41, 5.74) is 13.4. The number of piperazine rings is 1. The van der Waals surface area contributed by atoms with E-state index in [1.165, 1.54) is 11.8 Å². The first-order valence-electron chi connectivity index (χ1n) is 14.8. The van der Waals surface area contributed by atoms with Crippen molar-refractivity contribution >= 4 is 28.3 Å². The van der Waals surface area contributed by atoms with Crippen molar-refractivity contribution in [3.63, 3.8) is 0 Å². The number of fused-ring (bicyclic) bond motifs is 1. The van der Waals surface area contributed by atoms with Crippen LogP contribution in [0.15, 0.2) is 61.4 Å². The molecule has 220 valence electrons. The van der Waals surface area contributed by atoms with Crippen LogP contribution in [0.3, 0.4) is 0 Å². The van der Waals surface area contributed by atoms with Crippen LogP contribution in [0.4, 0.5) is 11.4 Å². The van der Waals surface area contributed by atoms with Crippen LogP contribution in [-0.4, -0.2) is 63.8 Å². The fourth-order valence-corrected chi connectivity index (χ4v) is 6.22. The molecule has 2 aromatic carbocycles. The van der Waals surface area contributed by atoms with Crippen LogP contribution < -0.4 is 10.2 Å². The maximum Gasteiger partial charge on any atom is 0.247 e. The third kappa shape index (κ3) is 5.02. The second-order valence-corrected chi connectivity index (χ2v) is 11.6. The number of hydrogen-bond acceptors (Lipinski definition) is 5.